The summed E-state index contributed by atoms with van der Waals surface area (Å²) in [6.07, 6.45) is 0. The van der Waals surface area contributed by atoms with E-state index in [1.54, 1.807) is 0 Å². The zero-order valence-electron chi connectivity index (χ0n) is 9.00. The highest BCUT2D eigenvalue weighted by molar-refractivity contribution is 5.94. The van der Waals surface area contributed by atoms with E-state index in [4.69, 9.17) is 5.11 Å². The molecule has 0 radical (unpaired) electrons. The van der Waals surface area contributed by atoms with Crippen LogP contribution < -0.4 is 10.6 Å². The molecule has 15 heavy (non-hydrogen) atoms. The standard InChI is InChI=1S/C11H16N2O2/c1-3-12-10-6-8(2)4-5-9(10)13-11(15)7-14/h4-6,12,14H,3,7H2,1-2H3,(H,13,15). The first-order valence-corrected chi connectivity index (χ1v) is 4.92. The summed E-state index contributed by atoms with van der Waals surface area (Å²) in [7, 11) is 0. The van der Waals surface area contributed by atoms with Crippen molar-refractivity contribution in [3.05, 3.63) is 23.8 Å². The lowest BCUT2D eigenvalue weighted by atomic mass is 10.2. The van der Waals surface area contributed by atoms with Crippen molar-refractivity contribution in [1.29, 1.82) is 0 Å². The summed E-state index contributed by atoms with van der Waals surface area (Å²) >= 11 is 0. The van der Waals surface area contributed by atoms with Gasteiger partial charge in [-0.1, -0.05) is 6.07 Å². The van der Waals surface area contributed by atoms with Gasteiger partial charge in [-0.15, -0.1) is 0 Å². The van der Waals surface area contributed by atoms with E-state index in [1.807, 2.05) is 32.0 Å². The molecule has 0 fully saturated rings. The van der Waals surface area contributed by atoms with Crippen LogP contribution in [0.5, 0.6) is 0 Å². The van der Waals surface area contributed by atoms with E-state index in [2.05, 4.69) is 10.6 Å². The third-order valence-corrected chi connectivity index (χ3v) is 1.96. The topological polar surface area (TPSA) is 61.4 Å². The van der Waals surface area contributed by atoms with Gasteiger partial charge in [0.15, 0.2) is 0 Å². The molecule has 1 rings (SSSR count). The molecule has 1 amide bonds. The van der Waals surface area contributed by atoms with Crippen LogP contribution in [0.2, 0.25) is 0 Å². The van der Waals surface area contributed by atoms with Gasteiger partial charge in [-0.05, 0) is 31.5 Å². The first-order chi connectivity index (χ1) is 7.17. The fraction of sp³-hybridized carbons (Fsp3) is 0.364. The van der Waals surface area contributed by atoms with Crippen molar-refractivity contribution in [2.24, 2.45) is 0 Å². The molecule has 0 saturated heterocycles. The summed E-state index contributed by atoms with van der Waals surface area (Å²) < 4.78 is 0. The van der Waals surface area contributed by atoms with Gasteiger partial charge in [0.05, 0.1) is 11.4 Å². The molecule has 3 N–H and O–H groups in total. The number of nitrogens with one attached hydrogen (secondary N) is 2. The molecule has 0 aliphatic heterocycles. The summed E-state index contributed by atoms with van der Waals surface area (Å²) in [5.41, 5.74) is 2.69. The number of aryl methyl sites for hydroxylation is 1. The van der Waals surface area contributed by atoms with Crippen LogP contribution >= 0.6 is 0 Å². The van der Waals surface area contributed by atoms with Gasteiger partial charge in [0.2, 0.25) is 5.91 Å². The lowest BCUT2D eigenvalue weighted by molar-refractivity contribution is -0.118. The molecule has 0 atom stereocenters. The van der Waals surface area contributed by atoms with Crippen LogP contribution in [0, 0.1) is 6.92 Å². The predicted molar refractivity (Wildman–Crippen MR) is 61.1 cm³/mol. The summed E-state index contributed by atoms with van der Waals surface area (Å²) in [6, 6.07) is 5.69. The minimum absolute atomic E-state index is 0.405. The van der Waals surface area contributed by atoms with Crippen LogP contribution in [0.25, 0.3) is 0 Å². The van der Waals surface area contributed by atoms with E-state index >= 15 is 0 Å². The molecule has 0 aliphatic rings. The number of benzene rings is 1. The Hall–Kier alpha value is -1.55. The molecule has 1 aromatic rings. The molecule has 82 valence electrons. The number of hydrogen-bond donors (Lipinski definition) is 3. The van der Waals surface area contributed by atoms with Crippen LogP contribution in [-0.2, 0) is 4.79 Å². The summed E-state index contributed by atoms with van der Waals surface area (Å²) in [4.78, 5) is 11.0. The van der Waals surface area contributed by atoms with Crippen molar-refractivity contribution in [2.45, 2.75) is 13.8 Å². The maximum atomic E-state index is 11.0. The fourth-order valence-corrected chi connectivity index (χ4v) is 1.29. The number of amides is 1. The van der Waals surface area contributed by atoms with Crippen molar-refractivity contribution in [3.63, 3.8) is 0 Å². The SMILES string of the molecule is CCNc1cc(C)ccc1NC(=O)CO. The van der Waals surface area contributed by atoms with Gasteiger partial charge in [-0.3, -0.25) is 4.79 Å². The first kappa shape index (κ1) is 11.5. The summed E-state index contributed by atoms with van der Waals surface area (Å²) in [5, 5.41) is 14.4. The molecule has 0 spiro atoms. The molecule has 4 nitrogen and oxygen atoms in total. The molecular weight excluding hydrogens is 192 g/mol. The Morgan fingerprint density at radius 2 is 2.13 bits per heavy atom. The minimum Gasteiger partial charge on any atom is -0.387 e. The van der Waals surface area contributed by atoms with E-state index in [0.717, 1.165) is 17.8 Å². The Kier molecular flexibility index (Phi) is 4.12. The number of carbonyl (C=O) groups is 1. The Bertz CT molecular complexity index is 350. The number of aliphatic hydroxyl groups is 1. The molecule has 0 aliphatic carbocycles. The minimum atomic E-state index is -0.501. The maximum absolute atomic E-state index is 11.0. The lowest BCUT2D eigenvalue weighted by Crippen LogP contribution is -2.16. The van der Waals surface area contributed by atoms with Crippen LogP contribution in [0.15, 0.2) is 18.2 Å². The third kappa shape index (κ3) is 3.25. The lowest BCUT2D eigenvalue weighted by Gasteiger charge is -2.12. The van der Waals surface area contributed by atoms with Crippen LogP contribution in [-0.4, -0.2) is 24.2 Å². The van der Waals surface area contributed by atoms with E-state index in [1.165, 1.54) is 0 Å². The van der Waals surface area contributed by atoms with Gasteiger partial charge in [0, 0.05) is 6.54 Å². The van der Waals surface area contributed by atoms with Crippen molar-refractivity contribution in [1.82, 2.24) is 0 Å². The largest absolute Gasteiger partial charge is 0.387 e. The first-order valence-electron chi connectivity index (χ1n) is 4.92. The number of aliphatic hydroxyl groups excluding tert-OH is 1. The average molecular weight is 208 g/mol. The smallest absolute Gasteiger partial charge is 0.250 e. The van der Waals surface area contributed by atoms with Gasteiger partial charge < -0.3 is 15.7 Å². The Labute approximate surface area is 89.3 Å². The molecule has 0 heterocycles. The van der Waals surface area contributed by atoms with Gasteiger partial charge in [0.1, 0.15) is 6.61 Å². The highest BCUT2D eigenvalue weighted by Crippen LogP contribution is 2.22. The number of carbonyl (C=O) groups excluding carboxylic acids is 1. The molecule has 0 aromatic heterocycles. The third-order valence-electron chi connectivity index (χ3n) is 1.96. The molecule has 4 heteroatoms. The van der Waals surface area contributed by atoms with Gasteiger partial charge >= 0.3 is 0 Å². The second-order valence-electron chi connectivity index (χ2n) is 3.29. The Morgan fingerprint density at radius 3 is 2.73 bits per heavy atom. The van der Waals surface area contributed by atoms with Gasteiger partial charge in [0.25, 0.3) is 0 Å². The Balaban J connectivity index is 2.89. The predicted octanol–water partition coefficient (Wildman–Crippen LogP) is 1.36. The van der Waals surface area contributed by atoms with Crippen LogP contribution in [0.1, 0.15) is 12.5 Å². The van der Waals surface area contributed by atoms with Crippen molar-refractivity contribution in [3.8, 4) is 0 Å². The fourth-order valence-electron chi connectivity index (χ4n) is 1.29. The van der Waals surface area contributed by atoms with Crippen molar-refractivity contribution >= 4 is 17.3 Å². The number of anilines is 2. The monoisotopic (exact) mass is 208 g/mol. The summed E-state index contributed by atoms with van der Waals surface area (Å²) in [5.74, 6) is -0.405. The van der Waals surface area contributed by atoms with Gasteiger partial charge in [-0.2, -0.15) is 0 Å². The van der Waals surface area contributed by atoms with Crippen LogP contribution in [0.4, 0.5) is 11.4 Å². The molecule has 0 saturated carbocycles. The quantitative estimate of drug-likeness (QED) is 0.700. The van der Waals surface area contributed by atoms with E-state index in [0.29, 0.717) is 5.69 Å². The number of rotatable bonds is 4. The van der Waals surface area contributed by atoms with E-state index < -0.39 is 12.5 Å². The van der Waals surface area contributed by atoms with Crippen molar-refractivity contribution in [2.75, 3.05) is 23.8 Å². The number of hydrogen-bond acceptors (Lipinski definition) is 3. The second kappa shape index (κ2) is 5.36. The van der Waals surface area contributed by atoms with Gasteiger partial charge in [-0.25, -0.2) is 0 Å². The summed E-state index contributed by atoms with van der Waals surface area (Å²) in [6.45, 7) is 4.25. The second-order valence-corrected chi connectivity index (χ2v) is 3.29. The zero-order chi connectivity index (χ0) is 11.3. The highest BCUT2D eigenvalue weighted by Gasteiger charge is 2.05. The average Bonchev–Trinajstić information content (AvgIpc) is 2.22. The van der Waals surface area contributed by atoms with E-state index in [9.17, 15) is 4.79 Å². The maximum Gasteiger partial charge on any atom is 0.250 e. The Morgan fingerprint density at radius 1 is 1.40 bits per heavy atom. The van der Waals surface area contributed by atoms with Crippen LogP contribution in [0.3, 0.4) is 0 Å². The normalized spacial score (nSPS) is 9.80. The van der Waals surface area contributed by atoms with E-state index in [-0.39, 0.29) is 0 Å². The molecule has 0 bridgehead atoms. The molecular formula is C11H16N2O2. The van der Waals surface area contributed by atoms with Crippen molar-refractivity contribution < 1.29 is 9.90 Å². The molecule has 1 aromatic carbocycles. The zero-order valence-corrected chi connectivity index (χ0v) is 9.00. The highest BCUT2D eigenvalue weighted by atomic mass is 16.3. The molecule has 0 unspecified atom stereocenters.